The number of methoxy groups -OCH3 is 2. The number of fused-ring (bicyclic) bond motifs is 1. The maximum absolute atomic E-state index is 13.2. The minimum absolute atomic E-state index is 0.198. The van der Waals surface area contributed by atoms with Crippen molar-refractivity contribution in [1.29, 1.82) is 0 Å². The van der Waals surface area contributed by atoms with E-state index < -0.39 is 18.2 Å². The number of carbonyl (C=O) groups excluding carboxylic acids is 2. The molecule has 0 radical (unpaired) electrons. The molecule has 0 spiro atoms. The van der Waals surface area contributed by atoms with Gasteiger partial charge in [-0.05, 0) is 57.0 Å². The Kier molecular flexibility index (Phi) is 8.97. The molecule has 35 heavy (non-hydrogen) atoms. The van der Waals surface area contributed by atoms with Crippen LogP contribution in [-0.4, -0.2) is 50.6 Å². The van der Waals surface area contributed by atoms with Crippen LogP contribution in [0.4, 0.5) is 15.3 Å². The maximum Gasteiger partial charge on any atom is 0.414 e. The Morgan fingerprint density at radius 1 is 0.971 bits per heavy atom. The lowest BCUT2D eigenvalue weighted by atomic mass is 9.90. The predicted molar refractivity (Wildman–Crippen MR) is 135 cm³/mol. The van der Waals surface area contributed by atoms with Crippen LogP contribution < -0.4 is 14.4 Å². The highest BCUT2D eigenvalue weighted by molar-refractivity contribution is 6.34. The number of hydrogen-bond donors (Lipinski definition) is 0. The quantitative estimate of drug-likeness (QED) is 0.413. The number of hydrogen-bond acceptors (Lipinski definition) is 6. The molecule has 0 bridgehead atoms. The lowest BCUT2D eigenvalue weighted by Gasteiger charge is -2.42. The third-order valence-electron chi connectivity index (χ3n) is 5.77. The Morgan fingerprint density at radius 3 is 2.14 bits per heavy atom. The van der Waals surface area contributed by atoms with E-state index in [-0.39, 0.29) is 25.8 Å². The van der Waals surface area contributed by atoms with Gasteiger partial charge in [0.2, 0.25) is 0 Å². The van der Waals surface area contributed by atoms with Gasteiger partial charge in [0.1, 0.15) is 0 Å². The zero-order chi connectivity index (χ0) is 25.7. The van der Waals surface area contributed by atoms with E-state index in [0.717, 1.165) is 5.56 Å². The Labute approximate surface area is 215 Å². The van der Waals surface area contributed by atoms with Crippen LogP contribution in [0.5, 0.6) is 11.5 Å². The molecule has 10 heteroatoms. The Bertz CT molecular complexity index is 1060. The summed E-state index contributed by atoms with van der Waals surface area (Å²) in [7, 11) is 3.06. The largest absolute Gasteiger partial charge is 0.493 e. The molecule has 2 aromatic carbocycles. The van der Waals surface area contributed by atoms with Crippen molar-refractivity contribution < 1.29 is 28.5 Å². The van der Waals surface area contributed by atoms with Gasteiger partial charge in [0.25, 0.3) is 0 Å². The summed E-state index contributed by atoms with van der Waals surface area (Å²) in [5.74, 6) is 0.932. The topological polar surface area (TPSA) is 77.5 Å². The predicted octanol–water partition coefficient (Wildman–Crippen LogP) is 6.47. The third-order valence-corrected chi connectivity index (χ3v) is 6.21. The number of nitrogens with zero attached hydrogens (tertiary/aromatic N) is 2. The average Bonchev–Trinajstić information content (AvgIpc) is 2.80. The van der Waals surface area contributed by atoms with Crippen molar-refractivity contribution in [2.45, 2.75) is 45.8 Å². The average molecular weight is 525 g/mol. The highest BCUT2D eigenvalue weighted by Crippen LogP contribution is 2.46. The summed E-state index contributed by atoms with van der Waals surface area (Å²) in [6.07, 6.45) is -0.531. The standard InChI is InChI=1S/C25H30Cl2N2O6/c1-6-34-24(30)28(14-16-9-17(26)11-18(27)10-16)20-8-15(3)29(25(31)35-7-2)21-13-23(33-5)22(32-4)12-19(20)21/h9-13,15,20H,6-8,14H2,1-5H3/t15-,20+/m0/s1. The first-order valence-electron chi connectivity index (χ1n) is 11.3. The van der Waals surface area contributed by atoms with Crippen LogP contribution in [0, 0.1) is 0 Å². The molecule has 0 aromatic heterocycles. The number of rotatable bonds is 7. The fourth-order valence-electron chi connectivity index (χ4n) is 4.33. The molecule has 0 saturated carbocycles. The summed E-state index contributed by atoms with van der Waals surface area (Å²) < 4.78 is 21.8. The summed E-state index contributed by atoms with van der Waals surface area (Å²) >= 11 is 12.4. The lowest BCUT2D eigenvalue weighted by molar-refractivity contribution is 0.0809. The maximum atomic E-state index is 13.2. The van der Waals surface area contributed by atoms with E-state index in [2.05, 4.69) is 0 Å². The molecular formula is C25H30Cl2N2O6. The van der Waals surface area contributed by atoms with Crippen LogP contribution in [0.1, 0.15) is 44.4 Å². The Hall–Kier alpha value is -2.84. The van der Waals surface area contributed by atoms with Crippen LogP contribution in [-0.2, 0) is 16.0 Å². The van der Waals surface area contributed by atoms with Crippen molar-refractivity contribution in [3.05, 3.63) is 51.5 Å². The normalized spacial score (nSPS) is 16.8. The first-order valence-corrected chi connectivity index (χ1v) is 12.1. The van der Waals surface area contributed by atoms with Gasteiger partial charge in [0.15, 0.2) is 11.5 Å². The van der Waals surface area contributed by atoms with E-state index >= 15 is 0 Å². The van der Waals surface area contributed by atoms with Gasteiger partial charge in [0, 0.05) is 34.3 Å². The molecule has 0 saturated heterocycles. The van der Waals surface area contributed by atoms with Gasteiger partial charge >= 0.3 is 12.2 Å². The molecule has 8 nitrogen and oxygen atoms in total. The highest BCUT2D eigenvalue weighted by atomic mass is 35.5. The highest BCUT2D eigenvalue weighted by Gasteiger charge is 2.40. The van der Waals surface area contributed by atoms with Crippen LogP contribution in [0.3, 0.4) is 0 Å². The molecule has 1 aliphatic heterocycles. The molecule has 0 unspecified atom stereocenters. The van der Waals surface area contributed by atoms with Crippen LogP contribution in [0.15, 0.2) is 30.3 Å². The molecule has 2 aromatic rings. The van der Waals surface area contributed by atoms with Gasteiger partial charge in [0.05, 0.1) is 39.2 Å². The van der Waals surface area contributed by atoms with Crippen LogP contribution in [0.2, 0.25) is 10.0 Å². The van der Waals surface area contributed by atoms with E-state index in [4.69, 9.17) is 42.1 Å². The number of halogens is 2. The van der Waals surface area contributed by atoms with E-state index in [9.17, 15) is 9.59 Å². The molecule has 2 amide bonds. The SMILES string of the molecule is CCOC(=O)N(Cc1cc(Cl)cc(Cl)c1)[C@@H]1C[C@H](C)N(C(=O)OCC)c2cc(OC)c(OC)cc21. The fraction of sp³-hybridized carbons (Fsp3) is 0.440. The van der Waals surface area contributed by atoms with Gasteiger partial charge in [-0.1, -0.05) is 23.2 Å². The number of anilines is 1. The number of ether oxygens (including phenoxy) is 4. The summed E-state index contributed by atoms with van der Waals surface area (Å²) in [5.41, 5.74) is 2.02. The second-order valence-electron chi connectivity index (χ2n) is 8.04. The summed E-state index contributed by atoms with van der Waals surface area (Å²) in [4.78, 5) is 29.3. The van der Waals surface area contributed by atoms with Crippen molar-refractivity contribution in [3.63, 3.8) is 0 Å². The van der Waals surface area contributed by atoms with E-state index in [0.29, 0.717) is 39.2 Å². The van der Waals surface area contributed by atoms with E-state index in [1.54, 1.807) is 54.0 Å². The van der Waals surface area contributed by atoms with Gasteiger partial charge < -0.3 is 18.9 Å². The van der Waals surface area contributed by atoms with E-state index in [1.807, 2.05) is 6.92 Å². The van der Waals surface area contributed by atoms with Crippen LogP contribution >= 0.6 is 23.2 Å². The second kappa shape index (κ2) is 11.7. The zero-order valence-corrected chi connectivity index (χ0v) is 22.0. The molecule has 1 heterocycles. The molecule has 0 N–H and O–H groups in total. The smallest absolute Gasteiger partial charge is 0.414 e. The first-order chi connectivity index (χ1) is 16.7. The Balaban J connectivity index is 2.16. The molecule has 0 fully saturated rings. The number of benzene rings is 2. The molecule has 1 aliphatic rings. The first kappa shape index (κ1) is 26.8. The Morgan fingerprint density at radius 2 is 1.57 bits per heavy atom. The van der Waals surface area contributed by atoms with Crippen molar-refractivity contribution in [3.8, 4) is 11.5 Å². The summed E-state index contributed by atoms with van der Waals surface area (Å²) in [6.45, 7) is 6.05. The fourth-order valence-corrected chi connectivity index (χ4v) is 4.90. The molecule has 3 rings (SSSR count). The number of carbonyl (C=O) groups is 2. The number of amides is 2. The van der Waals surface area contributed by atoms with Gasteiger partial charge in [-0.3, -0.25) is 9.80 Å². The van der Waals surface area contributed by atoms with Gasteiger partial charge in [-0.25, -0.2) is 9.59 Å². The van der Waals surface area contributed by atoms with Crippen LogP contribution in [0.25, 0.3) is 0 Å². The summed E-state index contributed by atoms with van der Waals surface area (Å²) in [6, 6.07) is 7.93. The second-order valence-corrected chi connectivity index (χ2v) is 8.91. The monoisotopic (exact) mass is 524 g/mol. The van der Waals surface area contributed by atoms with Crippen molar-refractivity contribution in [2.24, 2.45) is 0 Å². The summed E-state index contributed by atoms with van der Waals surface area (Å²) in [5, 5.41) is 0.933. The molecular weight excluding hydrogens is 495 g/mol. The molecule has 0 aliphatic carbocycles. The molecule has 2 atom stereocenters. The third kappa shape index (κ3) is 5.87. The van der Waals surface area contributed by atoms with Crippen molar-refractivity contribution in [2.75, 3.05) is 32.3 Å². The zero-order valence-electron chi connectivity index (χ0n) is 20.5. The van der Waals surface area contributed by atoms with Gasteiger partial charge in [-0.15, -0.1) is 0 Å². The minimum Gasteiger partial charge on any atom is -0.493 e. The lowest BCUT2D eigenvalue weighted by Crippen LogP contribution is -2.47. The molecule has 190 valence electrons. The van der Waals surface area contributed by atoms with Crippen molar-refractivity contribution in [1.82, 2.24) is 4.90 Å². The van der Waals surface area contributed by atoms with Crippen molar-refractivity contribution >= 4 is 41.1 Å². The minimum atomic E-state index is -0.494. The van der Waals surface area contributed by atoms with E-state index in [1.165, 1.54) is 14.2 Å². The van der Waals surface area contributed by atoms with Gasteiger partial charge in [-0.2, -0.15) is 0 Å².